The van der Waals surface area contributed by atoms with Crippen molar-refractivity contribution in [1.82, 2.24) is 4.90 Å². The Morgan fingerprint density at radius 1 is 1.20 bits per heavy atom. The Kier molecular flexibility index (Phi) is 5.58. The first-order valence-electron chi connectivity index (χ1n) is 7.24. The van der Waals surface area contributed by atoms with Crippen molar-refractivity contribution in [2.45, 2.75) is 25.3 Å². The van der Waals surface area contributed by atoms with Crippen LogP contribution in [0.4, 0.5) is 0 Å². The average molecular weight is 295 g/mol. The van der Waals surface area contributed by atoms with E-state index in [-0.39, 0.29) is 18.4 Å². The molecule has 1 aliphatic heterocycles. The molecule has 110 valence electrons. The third-order valence-electron chi connectivity index (χ3n) is 4.10. The van der Waals surface area contributed by atoms with Gasteiger partial charge in [0.25, 0.3) is 0 Å². The van der Waals surface area contributed by atoms with E-state index >= 15 is 0 Å². The van der Waals surface area contributed by atoms with Gasteiger partial charge in [-0.3, -0.25) is 9.69 Å². The quantitative estimate of drug-likeness (QED) is 0.729. The van der Waals surface area contributed by atoms with Gasteiger partial charge in [-0.25, -0.2) is 0 Å². The smallest absolute Gasteiger partial charge is 0.137 e. The zero-order valence-corrected chi connectivity index (χ0v) is 12.4. The molecule has 1 saturated heterocycles. The number of benzene rings is 1. The Balaban J connectivity index is 0.00000147. The lowest BCUT2D eigenvalue weighted by Gasteiger charge is -2.34. The van der Waals surface area contributed by atoms with Crippen LogP contribution in [-0.2, 0) is 9.53 Å². The molecule has 0 N–H and O–H groups in total. The number of morpholine rings is 1. The summed E-state index contributed by atoms with van der Waals surface area (Å²) in [6, 6.07) is 10.7. The lowest BCUT2D eigenvalue weighted by Crippen LogP contribution is -3.00. The molecule has 1 aromatic carbocycles. The van der Waals surface area contributed by atoms with Crippen molar-refractivity contribution in [1.29, 1.82) is 0 Å². The number of nitrogens with zero attached hydrogens (tertiary/aromatic N) is 1. The number of carbonyl (C=O) groups is 1. The van der Waals surface area contributed by atoms with Crippen LogP contribution in [0.2, 0.25) is 0 Å². The van der Waals surface area contributed by atoms with Crippen molar-refractivity contribution < 1.29 is 21.9 Å². The van der Waals surface area contributed by atoms with E-state index in [9.17, 15) is 4.79 Å². The second kappa shape index (κ2) is 7.21. The van der Waals surface area contributed by atoms with Crippen LogP contribution < -0.4 is 12.4 Å². The molecule has 2 fully saturated rings. The molecule has 0 bridgehead atoms. The highest BCUT2D eigenvalue weighted by atomic mass is 35.5. The van der Waals surface area contributed by atoms with Crippen LogP contribution in [0.25, 0.3) is 0 Å². The maximum atomic E-state index is 12.2. The van der Waals surface area contributed by atoms with Gasteiger partial charge < -0.3 is 17.1 Å². The molecule has 4 heteroatoms. The highest BCUT2D eigenvalue weighted by molar-refractivity contribution is 5.83. The van der Waals surface area contributed by atoms with Crippen molar-refractivity contribution in [3.05, 3.63) is 35.9 Å². The van der Waals surface area contributed by atoms with Gasteiger partial charge in [-0.1, -0.05) is 30.3 Å². The number of ether oxygens (including phenoxy) is 1. The first-order chi connectivity index (χ1) is 9.34. The second-order valence-electron chi connectivity index (χ2n) is 5.52. The summed E-state index contributed by atoms with van der Waals surface area (Å²) in [7, 11) is 0. The molecule has 20 heavy (non-hydrogen) atoms. The minimum absolute atomic E-state index is 0. The number of rotatable bonds is 5. The second-order valence-corrected chi connectivity index (χ2v) is 5.52. The largest absolute Gasteiger partial charge is 1.00 e. The predicted molar refractivity (Wildman–Crippen MR) is 73.9 cm³/mol. The van der Waals surface area contributed by atoms with Gasteiger partial charge in [0.05, 0.1) is 13.2 Å². The van der Waals surface area contributed by atoms with E-state index in [1.165, 1.54) is 5.56 Å². The molecule has 1 saturated carbocycles. The summed E-state index contributed by atoms with van der Waals surface area (Å²) in [5, 5.41) is 0. The molecule has 3 rings (SSSR count). The van der Waals surface area contributed by atoms with Gasteiger partial charge in [-0.15, -0.1) is 0 Å². The molecule has 2 aliphatic rings. The molecule has 0 spiro atoms. The van der Waals surface area contributed by atoms with E-state index in [0.717, 1.165) is 39.1 Å². The molecule has 1 heterocycles. The van der Waals surface area contributed by atoms with Gasteiger partial charge in [-0.2, -0.15) is 0 Å². The van der Waals surface area contributed by atoms with Crippen molar-refractivity contribution in [3.8, 4) is 0 Å². The van der Waals surface area contributed by atoms with Crippen LogP contribution in [0, 0.1) is 5.92 Å². The number of hydrogen-bond donors (Lipinski definition) is 0. The third-order valence-corrected chi connectivity index (χ3v) is 4.10. The summed E-state index contributed by atoms with van der Waals surface area (Å²) < 4.78 is 5.42. The summed E-state index contributed by atoms with van der Waals surface area (Å²) in [6.07, 6.45) is 2.86. The zero-order chi connectivity index (χ0) is 13.1. The molecule has 0 radical (unpaired) electrons. The van der Waals surface area contributed by atoms with Gasteiger partial charge in [0, 0.05) is 31.5 Å². The van der Waals surface area contributed by atoms with Crippen LogP contribution in [0.1, 0.15) is 30.9 Å². The fraction of sp³-hybridized carbons (Fsp3) is 0.562. The number of hydrogen-bond acceptors (Lipinski definition) is 3. The molecular weight excluding hydrogens is 274 g/mol. The maximum absolute atomic E-state index is 12.2. The van der Waals surface area contributed by atoms with Crippen LogP contribution in [0.3, 0.4) is 0 Å². The Labute approximate surface area is 126 Å². The molecule has 0 amide bonds. The fourth-order valence-electron chi connectivity index (χ4n) is 2.78. The third kappa shape index (κ3) is 3.81. The monoisotopic (exact) mass is 294 g/mol. The van der Waals surface area contributed by atoms with E-state index in [4.69, 9.17) is 4.74 Å². The number of halogens is 1. The summed E-state index contributed by atoms with van der Waals surface area (Å²) in [6.45, 7) is 3.41. The Morgan fingerprint density at radius 3 is 2.45 bits per heavy atom. The van der Waals surface area contributed by atoms with Crippen molar-refractivity contribution in [2.24, 2.45) is 5.92 Å². The van der Waals surface area contributed by atoms with Crippen LogP contribution in [-0.4, -0.2) is 37.0 Å². The highest BCUT2D eigenvalue weighted by Crippen LogP contribution is 2.35. The highest BCUT2D eigenvalue weighted by Gasteiger charge is 2.33. The summed E-state index contributed by atoms with van der Waals surface area (Å²) in [5.41, 5.74) is 1.26. The van der Waals surface area contributed by atoms with Crippen molar-refractivity contribution in [2.75, 3.05) is 26.3 Å². The summed E-state index contributed by atoms with van der Waals surface area (Å²) >= 11 is 0. The normalized spacial score (nSPS) is 21.0. The van der Waals surface area contributed by atoms with Crippen molar-refractivity contribution >= 4 is 5.78 Å². The topological polar surface area (TPSA) is 29.5 Å². The van der Waals surface area contributed by atoms with Gasteiger partial charge in [-0.05, 0) is 18.4 Å². The van der Waals surface area contributed by atoms with E-state index in [1.807, 2.05) is 6.07 Å². The van der Waals surface area contributed by atoms with E-state index < -0.39 is 0 Å². The molecule has 1 aromatic rings. The molecule has 1 aliphatic carbocycles. The average Bonchev–Trinajstić information content (AvgIpc) is 3.31. The first-order valence-corrected chi connectivity index (χ1v) is 7.24. The number of carbonyl (C=O) groups excluding carboxylic acids is 1. The van der Waals surface area contributed by atoms with Gasteiger partial charge in [0.15, 0.2) is 0 Å². The first kappa shape index (κ1) is 15.5. The van der Waals surface area contributed by atoms with E-state index in [1.54, 1.807) is 0 Å². The molecule has 3 nitrogen and oxygen atoms in total. The molecular formula is C16H21ClNO2-. The summed E-state index contributed by atoms with van der Waals surface area (Å²) in [4.78, 5) is 14.6. The van der Waals surface area contributed by atoms with Crippen LogP contribution >= 0.6 is 0 Å². The van der Waals surface area contributed by atoms with Gasteiger partial charge >= 0.3 is 0 Å². The van der Waals surface area contributed by atoms with Gasteiger partial charge in [0.2, 0.25) is 0 Å². The molecule has 1 atom stereocenters. The minimum atomic E-state index is 0. The Morgan fingerprint density at radius 2 is 1.85 bits per heavy atom. The lowest BCUT2D eigenvalue weighted by molar-refractivity contribution is -0.122. The van der Waals surface area contributed by atoms with Crippen LogP contribution in [0.15, 0.2) is 30.3 Å². The summed E-state index contributed by atoms with van der Waals surface area (Å²) in [5.74, 6) is 0.799. The molecule has 1 unspecified atom stereocenters. The number of ketones is 1. The Hall–Kier alpha value is -0.900. The minimum Gasteiger partial charge on any atom is -1.00 e. The fourth-order valence-corrected chi connectivity index (χ4v) is 2.78. The standard InChI is InChI=1S/C16H21NO2.ClH/c18-16(14-6-7-14)12-15(13-4-2-1-3-5-13)17-8-10-19-11-9-17;/h1-5,14-15H,6-12H2;1H/p-1. The Bertz CT molecular complexity index is 427. The van der Waals surface area contributed by atoms with E-state index in [0.29, 0.717) is 18.1 Å². The predicted octanol–water partition coefficient (Wildman–Crippen LogP) is -0.567. The molecule has 0 aromatic heterocycles. The SMILES string of the molecule is O=C(CC(c1ccccc1)N1CCOCC1)C1CC1.[Cl-]. The van der Waals surface area contributed by atoms with Crippen LogP contribution in [0.5, 0.6) is 0 Å². The van der Waals surface area contributed by atoms with E-state index in [2.05, 4.69) is 29.2 Å². The lowest BCUT2D eigenvalue weighted by atomic mass is 9.97. The number of Topliss-reactive ketones (excluding diaryl/α,β-unsaturated/α-hetero) is 1. The zero-order valence-electron chi connectivity index (χ0n) is 11.6. The maximum Gasteiger partial charge on any atom is 0.137 e. The van der Waals surface area contributed by atoms with Crippen molar-refractivity contribution in [3.63, 3.8) is 0 Å². The van der Waals surface area contributed by atoms with Gasteiger partial charge in [0.1, 0.15) is 5.78 Å².